The zero-order chi connectivity index (χ0) is 21.9. The van der Waals surface area contributed by atoms with Crippen molar-refractivity contribution in [2.45, 2.75) is 13.1 Å². The predicted molar refractivity (Wildman–Crippen MR) is 101 cm³/mol. The quantitative estimate of drug-likeness (QED) is 0.556. The molecular formula is C17H13F3N6O3S. The third-order valence-corrected chi connectivity index (χ3v) is 4.51. The van der Waals surface area contributed by atoms with Crippen LogP contribution in [0.3, 0.4) is 0 Å². The monoisotopic (exact) mass is 438 g/mol. The summed E-state index contributed by atoms with van der Waals surface area (Å²) in [6.07, 6.45) is -1.09. The van der Waals surface area contributed by atoms with Crippen LogP contribution < -0.4 is 10.6 Å². The van der Waals surface area contributed by atoms with Gasteiger partial charge in [-0.2, -0.15) is 13.2 Å². The lowest BCUT2D eigenvalue weighted by Crippen LogP contribution is -2.28. The summed E-state index contributed by atoms with van der Waals surface area (Å²) in [5, 5.41) is 14.9. The first kappa shape index (κ1) is 21.1. The van der Waals surface area contributed by atoms with E-state index in [4.69, 9.17) is 5.11 Å². The Hall–Kier alpha value is -3.61. The van der Waals surface area contributed by atoms with E-state index in [9.17, 15) is 22.8 Å². The molecule has 3 heterocycles. The molecule has 0 saturated heterocycles. The number of pyridine rings is 1. The summed E-state index contributed by atoms with van der Waals surface area (Å²) in [4.78, 5) is 38.4. The Labute approximate surface area is 171 Å². The summed E-state index contributed by atoms with van der Waals surface area (Å²) in [5.41, 5.74) is -0.970. The molecule has 2 amide bonds. The summed E-state index contributed by atoms with van der Waals surface area (Å²) in [7, 11) is 0. The third kappa shape index (κ3) is 4.68. The summed E-state index contributed by atoms with van der Waals surface area (Å²) < 4.78 is 39.0. The van der Waals surface area contributed by atoms with Gasteiger partial charge in [0.1, 0.15) is 10.8 Å². The Balaban J connectivity index is 2.12. The van der Waals surface area contributed by atoms with Gasteiger partial charge in [-0.3, -0.25) is 10.3 Å². The molecule has 9 nitrogen and oxygen atoms in total. The Morgan fingerprint density at radius 2 is 1.93 bits per heavy atom. The molecule has 0 aliphatic rings. The van der Waals surface area contributed by atoms with Crippen molar-refractivity contribution in [1.29, 1.82) is 0 Å². The highest BCUT2D eigenvalue weighted by molar-refractivity contribution is 7.13. The minimum absolute atomic E-state index is 0.0128. The minimum Gasteiger partial charge on any atom is -0.476 e. The molecule has 30 heavy (non-hydrogen) atoms. The highest BCUT2D eigenvalue weighted by Crippen LogP contribution is 2.37. The number of anilines is 1. The van der Waals surface area contributed by atoms with Gasteiger partial charge in [0.15, 0.2) is 11.4 Å². The number of aromatic nitrogens is 4. The van der Waals surface area contributed by atoms with Crippen LogP contribution in [0.4, 0.5) is 23.8 Å². The van der Waals surface area contributed by atoms with Crippen molar-refractivity contribution in [3.05, 3.63) is 41.4 Å². The second kappa shape index (κ2) is 8.41. The Kier molecular flexibility index (Phi) is 5.91. The van der Waals surface area contributed by atoms with Gasteiger partial charge in [0.2, 0.25) is 0 Å². The lowest BCUT2D eigenvalue weighted by molar-refractivity contribution is -0.140. The average molecular weight is 438 g/mol. The molecule has 0 fully saturated rings. The van der Waals surface area contributed by atoms with Crippen LogP contribution in [0.25, 0.3) is 21.8 Å². The van der Waals surface area contributed by atoms with Crippen LogP contribution >= 0.6 is 11.3 Å². The molecule has 3 N–H and O–H groups in total. The van der Waals surface area contributed by atoms with Crippen molar-refractivity contribution in [1.82, 2.24) is 25.3 Å². The van der Waals surface area contributed by atoms with E-state index in [1.165, 1.54) is 18.5 Å². The standard InChI is InChI=1S/C17H13F3N6O3S/c1-2-22-16(29)26-13-3-8(14-25-12(7-30-14)17(18,19)20)9(4-23-13)10-5-21-6-11(24-10)15(27)28/h3-7H,2H2,1H3,(H,27,28)(H2,22,23,26,29). The van der Waals surface area contributed by atoms with Gasteiger partial charge in [-0.15, -0.1) is 11.3 Å². The van der Waals surface area contributed by atoms with Gasteiger partial charge in [-0.1, -0.05) is 0 Å². The number of nitrogens with one attached hydrogen (secondary N) is 2. The molecule has 0 spiro atoms. The summed E-state index contributed by atoms with van der Waals surface area (Å²) in [6.45, 7) is 2.07. The molecular weight excluding hydrogens is 425 g/mol. The summed E-state index contributed by atoms with van der Waals surface area (Å²) in [6, 6.07) is 0.782. The maximum atomic E-state index is 13.0. The number of thiazole rings is 1. The lowest BCUT2D eigenvalue weighted by atomic mass is 10.1. The number of hydrogen-bond donors (Lipinski definition) is 3. The van der Waals surface area contributed by atoms with E-state index in [1.807, 2.05) is 0 Å². The molecule has 0 saturated carbocycles. The molecule has 0 aromatic carbocycles. The minimum atomic E-state index is -4.63. The first-order valence-electron chi connectivity index (χ1n) is 8.32. The lowest BCUT2D eigenvalue weighted by Gasteiger charge is -2.11. The van der Waals surface area contributed by atoms with E-state index in [0.717, 1.165) is 22.9 Å². The largest absolute Gasteiger partial charge is 0.476 e. The van der Waals surface area contributed by atoms with Crippen LogP contribution in [0.15, 0.2) is 30.0 Å². The SMILES string of the molecule is CCNC(=O)Nc1cc(-c2nc(C(F)(F)F)cs2)c(-c2cncc(C(=O)O)n2)cn1. The van der Waals surface area contributed by atoms with E-state index < -0.39 is 23.9 Å². The highest BCUT2D eigenvalue weighted by Gasteiger charge is 2.34. The molecule has 0 unspecified atom stereocenters. The van der Waals surface area contributed by atoms with Gasteiger partial charge in [0.25, 0.3) is 0 Å². The molecule has 0 atom stereocenters. The fourth-order valence-corrected chi connectivity index (χ4v) is 3.21. The van der Waals surface area contributed by atoms with E-state index in [0.29, 0.717) is 6.54 Å². The molecule has 0 aliphatic heterocycles. The van der Waals surface area contributed by atoms with Crippen LogP contribution in [0.5, 0.6) is 0 Å². The molecule has 0 aliphatic carbocycles. The number of alkyl halides is 3. The zero-order valence-electron chi connectivity index (χ0n) is 15.2. The van der Waals surface area contributed by atoms with Gasteiger partial charge in [0, 0.05) is 29.2 Å². The fraction of sp³-hybridized carbons (Fsp3) is 0.176. The topological polar surface area (TPSA) is 130 Å². The van der Waals surface area contributed by atoms with Crippen LogP contribution in [0, 0.1) is 0 Å². The van der Waals surface area contributed by atoms with E-state index in [2.05, 4.69) is 30.6 Å². The summed E-state index contributed by atoms with van der Waals surface area (Å²) in [5.74, 6) is -1.26. The van der Waals surface area contributed by atoms with E-state index in [1.54, 1.807) is 6.92 Å². The molecule has 3 aromatic rings. The predicted octanol–water partition coefficient (Wildman–Crippen LogP) is 3.52. The second-order valence-corrected chi connectivity index (χ2v) is 6.59. The zero-order valence-corrected chi connectivity index (χ0v) is 16.0. The second-order valence-electron chi connectivity index (χ2n) is 5.73. The molecule has 3 rings (SSSR count). The van der Waals surface area contributed by atoms with Crippen LogP contribution in [0.1, 0.15) is 23.1 Å². The van der Waals surface area contributed by atoms with Crippen molar-refractivity contribution in [3.8, 4) is 21.8 Å². The number of rotatable bonds is 5. The number of carbonyl (C=O) groups is 2. The number of carbonyl (C=O) groups excluding carboxylic acids is 1. The van der Waals surface area contributed by atoms with E-state index in [-0.39, 0.29) is 33.3 Å². The number of carboxylic acid groups (broad SMARTS) is 1. The first-order chi connectivity index (χ1) is 14.2. The highest BCUT2D eigenvalue weighted by atomic mass is 32.1. The van der Waals surface area contributed by atoms with Crippen molar-refractivity contribution < 1.29 is 27.9 Å². The van der Waals surface area contributed by atoms with Gasteiger partial charge in [-0.25, -0.2) is 24.5 Å². The van der Waals surface area contributed by atoms with Gasteiger partial charge < -0.3 is 10.4 Å². The Bertz CT molecular complexity index is 1100. The van der Waals surface area contributed by atoms with Gasteiger partial charge >= 0.3 is 18.2 Å². The maximum Gasteiger partial charge on any atom is 0.434 e. The number of amides is 2. The van der Waals surface area contributed by atoms with Gasteiger partial charge in [-0.05, 0) is 13.0 Å². The average Bonchev–Trinajstić information content (AvgIpc) is 3.19. The normalized spacial score (nSPS) is 11.2. The third-order valence-electron chi connectivity index (χ3n) is 3.64. The Morgan fingerprint density at radius 3 is 2.57 bits per heavy atom. The number of hydrogen-bond acceptors (Lipinski definition) is 7. The van der Waals surface area contributed by atoms with Crippen molar-refractivity contribution in [3.63, 3.8) is 0 Å². The van der Waals surface area contributed by atoms with Crippen LogP contribution in [-0.2, 0) is 6.18 Å². The first-order valence-corrected chi connectivity index (χ1v) is 9.20. The number of nitrogens with zero attached hydrogens (tertiary/aromatic N) is 4. The fourth-order valence-electron chi connectivity index (χ4n) is 2.35. The molecule has 156 valence electrons. The van der Waals surface area contributed by atoms with Crippen molar-refractivity contribution in [2.75, 3.05) is 11.9 Å². The maximum absolute atomic E-state index is 13.0. The number of urea groups is 1. The van der Waals surface area contributed by atoms with E-state index >= 15 is 0 Å². The number of carboxylic acids is 1. The van der Waals surface area contributed by atoms with Gasteiger partial charge in [0.05, 0.1) is 18.1 Å². The van der Waals surface area contributed by atoms with Crippen molar-refractivity contribution in [2.24, 2.45) is 0 Å². The van der Waals surface area contributed by atoms with Crippen molar-refractivity contribution >= 4 is 29.2 Å². The van der Waals surface area contributed by atoms with Crippen LogP contribution in [0.2, 0.25) is 0 Å². The number of aromatic carboxylic acids is 1. The molecule has 3 aromatic heterocycles. The number of halogens is 3. The molecule has 0 bridgehead atoms. The Morgan fingerprint density at radius 1 is 1.17 bits per heavy atom. The van der Waals surface area contributed by atoms with Crippen LogP contribution in [-0.4, -0.2) is 43.6 Å². The smallest absolute Gasteiger partial charge is 0.434 e. The molecule has 13 heteroatoms. The molecule has 0 radical (unpaired) electrons. The summed E-state index contributed by atoms with van der Waals surface area (Å²) >= 11 is 0.735.